The van der Waals surface area contributed by atoms with Gasteiger partial charge < -0.3 is 19.9 Å². The van der Waals surface area contributed by atoms with Crippen LogP contribution in [-0.4, -0.2) is 78.8 Å². The number of carbonyl (C=O) groups is 2. The van der Waals surface area contributed by atoms with E-state index in [1.807, 2.05) is 37.8 Å². The Labute approximate surface area is 186 Å². The topological polar surface area (TPSA) is 65.1 Å². The fourth-order valence-corrected chi connectivity index (χ4v) is 4.20. The number of nitrogens with zero attached hydrogens (tertiary/aromatic N) is 3. The van der Waals surface area contributed by atoms with E-state index in [4.69, 9.17) is 4.74 Å². The summed E-state index contributed by atoms with van der Waals surface area (Å²) in [5.41, 5.74) is 1.40. The van der Waals surface area contributed by atoms with Gasteiger partial charge in [0, 0.05) is 62.6 Å². The third-order valence-corrected chi connectivity index (χ3v) is 6.03. The first-order valence-corrected chi connectivity index (χ1v) is 11.5. The van der Waals surface area contributed by atoms with Crippen LogP contribution in [0.3, 0.4) is 0 Å². The predicted molar refractivity (Wildman–Crippen MR) is 124 cm³/mol. The summed E-state index contributed by atoms with van der Waals surface area (Å²) < 4.78 is 5.33. The Morgan fingerprint density at radius 2 is 1.55 bits per heavy atom. The molecule has 0 spiro atoms. The molecule has 2 heterocycles. The van der Waals surface area contributed by atoms with E-state index in [0.29, 0.717) is 19.1 Å². The molecule has 1 N–H and O–H groups in total. The van der Waals surface area contributed by atoms with Crippen LogP contribution in [0.5, 0.6) is 0 Å². The molecule has 2 aliphatic rings. The molecule has 0 aromatic heterocycles. The van der Waals surface area contributed by atoms with Crippen molar-refractivity contribution in [2.45, 2.75) is 65.1 Å². The highest BCUT2D eigenvalue weighted by Gasteiger charge is 2.26. The van der Waals surface area contributed by atoms with Crippen molar-refractivity contribution in [1.29, 1.82) is 0 Å². The lowest BCUT2D eigenvalue weighted by Gasteiger charge is -2.38. The molecule has 7 nitrogen and oxygen atoms in total. The number of nitrogens with one attached hydrogen (secondary N) is 1. The van der Waals surface area contributed by atoms with E-state index in [1.165, 1.54) is 5.69 Å². The minimum atomic E-state index is -0.505. The number of rotatable bonds is 4. The van der Waals surface area contributed by atoms with E-state index in [-0.39, 0.29) is 18.0 Å². The largest absolute Gasteiger partial charge is 0.444 e. The fourth-order valence-electron chi connectivity index (χ4n) is 4.20. The average Bonchev–Trinajstić information content (AvgIpc) is 2.72. The average molecular weight is 431 g/mol. The smallest absolute Gasteiger partial charge is 0.407 e. The van der Waals surface area contributed by atoms with Gasteiger partial charge in [-0.2, -0.15) is 0 Å². The first kappa shape index (κ1) is 23.4. The molecule has 0 aliphatic carbocycles. The molecule has 172 valence electrons. The number of alkyl carbamates (subject to hydrolysis) is 1. The molecule has 0 unspecified atom stereocenters. The van der Waals surface area contributed by atoms with E-state index < -0.39 is 5.60 Å². The molecule has 31 heavy (non-hydrogen) atoms. The zero-order valence-electron chi connectivity index (χ0n) is 19.7. The maximum atomic E-state index is 12.9. The van der Waals surface area contributed by atoms with Gasteiger partial charge in [0.25, 0.3) is 5.91 Å². The maximum Gasteiger partial charge on any atom is 0.407 e. The van der Waals surface area contributed by atoms with E-state index in [1.54, 1.807) is 0 Å². The van der Waals surface area contributed by atoms with Crippen LogP contribution in [0.25, 0.3) is 0 Å². The minimum absolute atomic E-state index is 0.0470. The number of hydrogen-bond acceptors (Lipinski definition) is 5. The van der Waals surface area contributed by atoms with E-state index >= 15 is 0 Å². The summed E-state index contributed by atoms with van der Waals surface area (Å²) in [5, 5.41) is 2.92. The van der Waals surface area contributed by atoms with Crippen LogP contribution in [0.15, 0.2) is 24.3 Å². The molecular formula is C24H38N4O3. The second-order valence-corrected chi connectivity index (χ2v) is 9.88. The molecule has 1 aromatic carbocycles. The molecule has 3 rings (SSSR count). The van der Waals surface area contributed by atoms with Crippen molar-refractivity contribution < 1.29 is 14.3 Å². The third kappa shape index (κ3) is 6.60. The van der Waals surface area contributed by atoms with Crippen molar-refractivity contribution in [1.82, 2.24) is 15.1 Å². The Bertz CT molecular complexity index is 741. The van der Waals surface area contributed by atoms with Gasteiger partial charge in [-0.05, 0) is 71.7 Å². The predicted octanol–water partition coefficient (Wildman–Crippen LogP) is 3.35. The highest BCUT2D eigenvalue weighted by molar-refractivity contribution is 5.94. The maximum absolute atomic E-state index is 12.9. The molecule has 0 atom stereocenters. The van der Waals surface area contributed by atoms with Gasteiger partial charge in [-0.15, -0.1) is 0 Å². The van der Waals surface area contributed by atoms with Crippen LogP contribution in [0.1, 0.15) is 57.8 Å². The number of piperazine rings is 1. The number of anilines is 1. The lowest BCUT2D eigenvalue weighted by Crippen LogP contribution is -2.49. The van der Waals surface area contributed by atoms with Crippen LogP contribution in [0.2, 0.25) is 0 Å². The van der Waals surface area contributed by atoms with E-state index in [2.05, 4.69) is 41.1 Å². The third-order valence-electron chi connectivity index (χ3n) is 6.03. The molecule has 2 saturated heterocycles. The van der Waals surface area contributed by atoms with Gasteiger partial charge in [0.2, 0.25) is 0 Å². The number of piperidine rings is 1. The Balaban J connectivity index is 1.47. The highest BCUT2D eigenvalue weighted by atomic mass is 16.6. The SMILES string of the molecule is CC(C)N1CCN(c2ccc(C(=O)N3CCC(NC(=O)OC(C)(C)C)CC3)cc2)CC1. The molecule has 2 fully saturated rings. The Morgan fingerprint density at radius 3 is 2.06 bits per heavy atom. The Hall–Kier alpha value is -2.28. The molecule has 1 aromatic rings. The van der Waals surface area contributed by atoms with Gasteiger partial charge in [0.1, 0.15) is 5.60 Å². The number of likely N-dealkylation sites (tertiary alicyclic amines) is 1. The van der Waals surface area contributed by atoms with E-state index in [9.17, 15) is 9.59 Å². The number of amides is 2. The summed E-state index contributed by atoms with van der Waals surface area (Å²) >= 11 is 0. The monoisotopic (exact) mass is 430 g/mol. The van der Waals surface area contributed by atoms with Crippen molar-refractivity contribution in [2.75, 3.05) is 44.2 Å². The van der Waals surface area contributed by atoms with Crippen molar-refractivity contribution in [3.8, 4) is 0 Å². The summed E-state index contributed by atoms with van der Waals surface area (Å²) in [7, 11) is 0. The summed E-state index contributed by atoms with van der Waals surface area (Å²) in [4.78, 5) is 31.6. The quantitative estimate of drug-likeness (QED) is 0.794. The molecule has 0 saturated carbocycles. The molecule has 2 aliphatic heterocycles. The Morgan fingerprint density at radius 1 is 0.968 bits per heavy atom. The summed E-state index contributed by atoms with van der Waals surface area (Å²) in [6, 6.07) is 8.65. The summed E-state index contributed by atoms with van der Waals surface area (Å²) in [5.74, 6) is 0.0619. The van der Waals surface area contributed by atoms with Gasteiger partial charge in [-0.3, -0.25) is 9.69 Å². The van der Waals surface area contributed by atoms with Crippen molar-refractivity contribution >= 4 is 17.7 Å². The second kappa shape index (κ2) is 9.90. The first-order valence-electron chi connectivity index (χ1n) is 11.5. The molecule has 2 amide bonds. The Kier molecular flexibility index (Phi) is 7.46. The molecule has 7 heteroatoms. The van der Waals surface area contributed by atoms with Gasteiger partial charge in [0.05, 0.1) is 0 Å². The van der Waals surface area contributed by atoms with Crippen LogP contribution in [0.4, 0.5) is 10.5 Å². The van der Waals surface area contributed by atoms with Crippen LogP contribution in [-0.2, 0) is 4.74 Å². The van der Waals surface area contributed by atoms with Crippen molar-refractivity contribution in [2.24, 2.45) is 0 Å². The normalized spacial score (nSPS) is 18.9. The lowest BCUT2D eigenvalue weighted by molar-refractivity contribution is 0.0473. The van der Waals surface area contributed by atoms with Crippen molar-refractivity contribution in [3.05, 3.63) is 29.8 Å². The van der Waals surface area contributed by atoms with Gasteiger partial charge in [-0.25, -0.2) is 4.79 Å². The zero-order chi connectivity index (χ0) is 22.6. The minimum Gasteiger partial charge on any atom is -0.444 e. The number of carbonyl (C=O) groups excluding carboxylic acids is 2. The second-order valence-electron chi connectivity index (χ2n) is 9.88. The van der Waals surface area contributed by atoms with Crippen LogP contribution in [0, 0.1) is 0 Å². The number of benzene rings is 1. The standard InChI is InChI=1S/C24H38N4O3/c1-18(2)26-14-16-27(17-15-26)21-8-6-19(7-9-21)22(29)28-12-10-20(11-13-28)25-23(30)31-24(3,4)5/h6-9,18,20H,10-17H2,1-5H3,(H,25,30). The van der Waals surface area contributed by atoms with Gasteiger partial charge >= 0.3 is 6.09 Å². The highest BCUT2D eigenvalue weighted by Crippen LogP contribution is 2.20. The number of hydrogen-bond donors (Lipinski definition) is 1. The molecule has 0 bridgehead atoms. The van der Waals surface area contributed by atoms with Crippen LogP contribution >= 0.6 is 0 Å². The molecular weight excluding hydrogens is 392 g/mol. The molecule has 0 radical (unpaired) electrons. The fraction of sp³-hybridized carbons (Fsp3) is 0.667. The zero-order valence-corrected chi connectivity index (χ0v) is 19.7. The first-order chi connectivity index (χ1) is 14.6. The van der Waals surface area contributed by atoms with Gasteiger partial charge in [-0.1, -0.05) is 0 Å². The summed E-state index contributed by atoms with van der Waals surface area (Å²) in [6.45, 7) is 15.5. The summed E-state index contributed by atoms with van der Waals surface area (Å²) in [6.07, 6.45) is 1.09. The number of ether oxygens (including phenoxy) is 1. The van der Waals surface area contributed by atoms with Crippen molar-refractivity contribution in [3.63, 3.8) is 0 Å². The van der Waals surface area contributed by atoms with Gasteiger partial charge in [0.15, 0.2) is 0 Å². The lowest BCUT2D eigenvalue weighted by atomic mass is 10.0. The van der Waals surface area contributed by atoms with E-state index in [0.717, 1.165) is 44.6 Å². The van der Waals surface area contributed by atoms with Crippen LogP contribution < -0.4 is 10.2 Å².